The number of carbonyl (C=O) groups excluding carboxylic acids is 1. The van der Waals surface area contributed by atoms with E-state index in [2.05, 4.69) is 51.6 Å². The SMILES string of the molecule is CCN(CC)Cc1ccccc1CNC(=O)Cn1nnc(-c2ccccc2)n1. The van der Waals surface area contributed by atoms with Gasteiger partial charge in [-0.25, -0.2) is 0 Å². The van der Waals surface area contributed by atoms with E-state index in [-0.39, 0.29) is 12.5 Å². The topological polar surface area (TPSA) is 75.9 Å². The highest BCUT2D eigenvalue weighted by atomic mass is 16.2. The molecule has 3 aromatic rings. The minimum absolute atomic E-state index is 0.0397. The molecule has 0 fully saturated rings. The molecular weight excluding hydrogens is 352 g/mol. The fourth-order valence-corrected chi connectivity index (χ4v) is 2.96. The number of hydrogen-bond donors (Lipinski definition) is 1. The molecule has 0 radical (unpaired) electrons. The van der Waals surface area contributed by atoms with E-state index < -0.39 is 0 Å². The van der Waals surface area contributed by atoms with Gasteiger partial charge in [0.05, 0.1) is 0 Å². The van der Waals surface area contributed by atoms with Crippen molar-refractivity contribution in [2.45, 2.75) is 33.5 Å². The van der Waals surface area contributed by atoms with Crippen LogP contribution in [0, 0.1) is 0 Å². The van der Waals surface area contributed by atoms with E-state index in [4.69, 9.17) is 0 Å². The molecule has 2 aromatic carbocycles. The third-order valence-electron chi connectivity index (χ3n) is 4.65. The predicted molar refractivity (Wildman–Crippen MR) is 108 cm³/mol. The number of nitrogens with one attached hydrogen (secondary N) is 1. The second-order valence-electron chi connectivity index (χ2n) is 6.52. The number of tetrazole rings is 1. The van der Waals surface area contributed by atoms with Gasteiger partial charge in [-0.2, -0.15) is 4.80 Å². The van der Waals surface area contributed by atoms with Crippen molar-refractivity contribution in [3.8, 4) is 11.4 Å². The van der Waals surface area contributed by atoms with Crippen molar-refractivity contribution < 1.29 is 4.79 Å². The number of carbonyl (C=O) groups is 1. The van der Waals surface area contributed by atoms with E-state index in [1.807, 2.05) is 42.5 Å². The van der Waals surface area contributed by atoms with Crippen LogP contribution in [-0.4, -0.2) is 44.1 Å². The number of rotatable bonds is 9. The largest absolute Gasteiger partial charge is 0.350 e. The molecule has 146 valence electrons. The number of aromatic nitrogens is 4. The van der Waals surface area contributed by atoms with Gasteiger partial charge in [0, 0.05) is 18.7 Å². The summed E-state index contributed by atoms with van der Waals surface area (Å²) in [6, 6.07) is 17.8. The minimum Gasteiger partial charge on any atom is -0.350 e. The number of amides is 1. The molecule has 3 rings (SSSR count). The first-order chi connectivity index (χ1) is 13.7. The molecule has 0 saturated carbocycles. The Hall–Kier alpha value is -3.06. The van der Waals surface area contributed by atoms with Gasteiger partial charge >= 0.3 is 0 Å². The van der Waals surface area contributed by atoms with Gasteiger partial charge in [-0.05, 0) is 29.4 Å². The highest BCUT2D eigenvalue weighted by Gasteiger charge is 2.11. The summed E-state index contributed by atoms with van der Waals surface area (Å²) in [6.45, 7) is 7.71. The van der Waals surface area contributed by atoms with E-state index in [1.54, 1.807) is 0 Å². The Balaban J connectivity index is 1.57. The van der Waals surface area contributed by atoms with Crippen LogP contribution in [0.3, 0.4) is 0 Å². The van der Waals surface area contributed by atoms with Gasteiger partial charge in [-0.1, -0.05) is 68.4 Å². The second-order valence-corrected chi connectivity index (χ2v) is 6.52. The van der Waals surface area contributed by atoms with Gasteiger partial charge in [0.15, 0.2) is 0 Å². The van der Waals surface area contributed by atoms with Gasteiger partial charge in [0.1, 0.15) is 6.54 Å². The van der Waals surface area contributed by atoms with Crippen LogP contribution in [-0.2, 0) is 24.4 Å². The maximum absolute atomic E-state index is 12.3. The molecule has 0 aliphatic heterocycles. The van der Waals surface area contributed by atoms with Crippen LogP contribution >= 0.6 is 0 Å². The van der Waals surface area contributed by atoms with Gasteiger partial charge in [-0.15, -0.1) is 10.2 Å². The molecule has 0 saturated heterocycles. The van der Waals surface area contributed by atoms with Crippen molar-refractivity contribution in [3.05, 3.63) is 65.7 Å². The van der Waals surface area contributed by atoms with Crippen LogP contribution < -0.4 is 5.32 Å². The van der Waals surface area contributed by atoms with E-state index in [9.17, 15) is 4.79 Å². The lowest BCUT2D eigenvalue weighted by atomic mass is 10.1. The molecule has 1 heterocycles. The van der Waals surface area contributed by atoms with Crippen molar-refractivity contribution in [1.29, 1.82) is 0 Å². The van der Waals surface area contributed by atoms with Gasteiger partial charge in [0.25, 0.3) is 0 Å². The fourth-order valence-electron chi connectivity index (χ4n) is 2.96. The molecule has 1 amide bonds. The Morgan fingerprint density at radius 2 is 1.68 bits per heavy atom. The van der Waals surface area contributed by atoms with Crippen molar-refractivity contribution in [3.63, 3.8) is 0 Å². The van der Waals surface area contributed by atoms with E-state index in [0.29, 0.717) is 12.4 Å². The Kier molecular flexibility index (Phi) is 6.86. The minimum atomic E-state index is -0.144. The Labute approximate surface area is 165 Å². The van der Waals surface area contributed by atoms with Crippen molar-refractivity contribution in [2.75, 3.05) is 13.1 Å². The lowest BCUT2D eigenvalue weighted by Crippen LogP contribution is -2.29. The first-order valence-corrected chi connectivity index (χ1v) is 9.58. The molecule has 7 heteroatoms. The lowest BCUT2D eigenvalue weighted by molar-refractivity contribution is -0.122. The van der Waals surface area contributed by atoms with Crippen LogP contribution in [0.25, 0.3) is 11.4 Å². The summed E-state index contributed by atoms with van der Waals surface area (Å²) in [5.74, 6) is 0.368. The molecule has 0 atom stereocenters. The molecule has 0 spiro atoms. The molecule has 0 unspecified atom stereocenters. The third kappa shape index (κ3) is 5.23. The Bertz CT molecular complexity index is 889. The highest BCUT2D eigenvalue weighted by molar-refractivity contribution is 5.75. The van der Waals surface area contributed by atoms with Gasteiger partial charge in [-0.3, -0.25) is 9.69 Å². The molecule has 28 heavy (non-hydrogen) atoms. The number of nitrogens with zero attached hydrogens (tertiary/aromatic N) is 5. The van der Waals surface area contributed by atoms with Crippen LogP contribution in [0.1, 0.15) is 25.0 Å². The molecular formula is C21H26N6O. The zero-order valence-electron chi connectivity index (χ0n) is 16.4. The van der Waals surface area contributed by atoms with E-state index in [1.165, 1.54) is 10.4 Å². The molecule has 1 aromatic heterocycles. The van der Waals surface area contributed by atoms with Crippen molar-refractivity contribution in [2.24, 2.45) is 0 Å². The summed E-state index contributed by atoms with van der Waals surface area (Å²) < 4.78 is 0. The first-order valence-electron chi connectivity index (χ1n) is 9.58. The molecule has 1 N–H and O–H groups in total. The zero-order valence-corrected chi connectivity index (χ0v) is 16.4. The Morgan fingerprint density at radius 1 is 1.00 bits per heavy atom. The summed E-state index contributed by atoms with van der Waals surface area (Å²) in [4.78, 5) is 16.0. The predicted octanol–water partition coefficient (Wildman–Crippen LogP) is 2.50. The van der Waals surface area contributed by atoms with E-state index >= 15 is 0 Å². The summed E-state index contributed by atoms with van der Waals surface area (Å²) >= 11 is 0. The second kappa shape index (κ2) is 9.75. The Morgan fingerprint density at radius 3 is 2.39 bits per heavy atom. The molecule has 7 nitrogen and oxygen atoms in total. The summed E-state index contributed by atoms with van der Waals surface area (Å²) in [5, 5.41) is 15.2. The first kappa shape index (κ1) is 19.7. The molecule has 0 aliphatic carbocycles. The third-order valence-corrected chi connectivity index (χ3v) is 4.65. The van der Waals surface area contributed by atoms with Crippen LogP contribution in [0.4, 0.5) is 0 Å². The molecule has 0 bridgehead atoms. The van der Waals surface area contributed by atoms with Crippen molar-refractivity contribution in [1.82, 2.24) is 30.4 Å². The monoisotopic (exact) mass is 378 g/mol. The highest BCUT2D eigenvalue weighted by Crippen LogP contribution is 2.13. The van der Waals surface area contributed by atoms with Crippen LogP contribution in [0.15, 0.2) is 54.6 Å². The van der Waals surface area contributed by atoms with Gasteiger partial charge in [0.2, 0.25) is 11.7 Å². The maximum atomic E-state index is 12.3. The van der Waals surface area contributed by atoms with Gasteiger partial charge < -0.3 is 5.32 Å². The summed E-state index contributed by atoms with van der Waals surface area (Å²) in [7, 11) is 0. The number of hydrogen-bond acceptors (Lipinski definition) is 5. The smallest absolute Gasteiger partial charge is 0.243 e. The quantitative estimate of drug-likeness (QED) is 0.619. The maximum Gasteiger partial charge on any atom is 0.243 e. The molecule has 0 aliphatic rings. The summed E-state index contributed by atoms with van der Waals surface area (Å²) in [5.41, 5.74) is 3.23. The van der Waals surface area contributed by atoms with Crippen LogP contribution in [0.2, 0.25) is 0 Å². The van der Waals surface area contributed by atoms with Crippen molar-refractivity contribution >= 4 is 5.91 Å². The fraction of sp³-hybridized carbons (Fsp3) is 0.333. The van der Waals surface area contributed by atoms with Crippen LogP contribution in [0.5, 0.6) is 0 Å². The zero-order chi connectivity index (χ0) is 19.8. The lowest BCUT2D eigenvalue weighted by Gasteiger charge is -2.20. The normalized spacial score (nSPS) is 11.0. The number of benzene rings is 2. The van der Waals surface area contributed by atoms with E-state index in [0.717, 1.165) is 30.8 Å². The average Bonchev–Trinajstić information content (AvgIpc) is 3.20. The standard InChI is InChI=1S/C21H26N6O/c1-3-26(4-2)15-19-13-9-8-12-18(19)14-22-20(28)16-27-24-21(23-25-27)17-10-6-5-7-11-17/h5-13H,3-4,14-16H2,1-2H3,(H,22,28). The average molecular weight is 378 g/mol. The summed E-state index contributed by atoms with van der Waals surface area (Å²) in [6.07, 6.45) is 0.